The summed E-state index contributed by atoms with van der Waals surface area (Å²) in [6, 6.07) is 0. The molecule has 0 fully saturated rings. The van der Waals surface area contributed by atoms with Gasteiger partial charge in [0.25, 0.3) is 0 Å². The van der Waals surface area contributed by atoms with E-state index in [1.54, 1.807) is 0 Å². The van der Waals surface area contributed by atoms with Crippen LogP contribution in [0.5, 0.6) is 0 Å². The predicted octanol–water partition coefficient (Wildman–Crippen LogP) is 2.10. The second-order valence-electron chi connectivity index (χ2n) is 5.41. The van der Waals surface area contributed by atoms with Gasteiger partial charge in [-0.05, 0) is 38.2 Å². The average molecular weight is 281 g/mol. The van der Waals surface area contributed by atoms with E-state index in [4.69, 9.17) is 9.84 Å². The number of aromatic nitrogens is 2. The lowest BCUT2D eigenvalue weighted by Gasteiger charge is -2.13. The van der Waals surface area contributed by atoms with Gasteiger partial charge >= 0.3 is 0 Å². The molecule has 20 heavy (non-hydrogen) atoms. The Balaban J connectivity index is 2.47. The normalized spacial score (nSPS) is 11.1. The highest BCUT2D eigenvalue weighted by atomic mass is 16.5. The van der Waals surface area contributed by atoms with E-state index in [-0.39, 0.29) is 6.61 Å². The second kappa shape index (κ2) is 8.87. The standard InChI is InChI=1S/C15H27N3O2/c1-11(2)10-14-12(3)17-15(18-13(14)4)16-6-5-8-20-9-7-19/h11,19H,5-10H2,1-4H3,(H,16,17,18). The first-order valence-corrected chi connectivity index (χ1v) is 7.31. The summed E-state index contributed by atoms with van der Waals surface area (Å²) in [4.78, 5) is 9.04. The van der Waals surface area contributed by atoms with Crippen molar-refractivity contribution in [2.24, 2.45) is 5.92 Å². The molecule has 0 amide bonds. The summed E-state index contributed by atoms with van der Waals surface area (Å²) < 4.78 is 5.20. The molecule has 0 saturated carbocycles. The summed E-state index contributed by atoms with van der Waals surface area (Å²) in [6.45, 7) is 10.4. The zero-order valence-corrected chi connectivity index (χ0v) is 13.1. The minimum absolute atomic E-state index is 0.0756. The molecule has 5 nitrogen and oxygen atoms in total. The molecule has 0 radical (unpaired) electrons. The minimum Gasteiger partial charge on any atom is -0.394 e. The highest BCUT2D eigenvalue weighted by molar-refractivity contribution is 5.34. The fraction of sp³-hybridized carbons (Fsp3) is 0.733. The zero-order valence-electron chi connectivity index (χ0n) is 13.1. The molecule has 0 atom stereocenters. The minimum atomic E-state index is 0.0756. The van der Waals surface area contributed by atoms with E-state index in [2.05, 4.69) is 29.1 Å². The van der Waals surface area contributed by atoms with Gasteiger partial charge in [-0.3, -0.25) is 0 Å². The van der Waals surface area contributed by atoms with E-state index in [0.717, 1.165) is 30.8 Å². The van der Waals surface area contributed by atoms with Crippen LogP contribution in [0.15, 0.2) is 0 Å². The highest BCUT2D eigenvalue weighted by Gasteiger charge is 2.09. The Labute approximate surface area is 121 Å². The van der Waals surface area contributed by atoms with Crippen molar-refractivity contribution in [3.8, 4) is 0 Å². The fourth-order valence-electron chi connectivity index (χ4n) is 2.06. The molecule has 0 bridgehead atoms. The number of rotatable bonds is 9. The van der Waals surface area contributed by atoms with E-state index in [1.165, 1.54) is 5.56 Å². The van der Waals surface area contributed by atoms with Crippen LogP contribution < -0.4 is 5.32 Å². The molecule has 0 unspecified atom stereocenters. The predicted molar refractivity (Wildman–Crippen MR) is 81.1 cm³/mol. The molecule has 5 heteroatoms. The largest absolute Gasteiger partial charge is 0.394 e. The maximum absolute atomic E-state index is 8.59. The van der Waals surface area contributed by atoms with Crippen LogP contribution in [-0.2, 0) is 11.2 Å². The van der Waals surface area contributed by atoms with Crippen LogP contribution in [0.2, 0.25) is 0 Å². The molecule has 0 aliphatic rings. The Morgan fingerprint density at radius 1 is 1.15 bits per heavy atom. The van der Waals surface area contributed by atoms with Crippen LogP contribution in [0.25, 0.3) is 0 Å². The Bertz CT molecular complexity index is 385. The molecule has 114 valence electrons. The summed E-state index contributed by atoms with van der Waals surface area (Å²) in [6.07, 6.45) is 1.89. The van der Waals surface area contributed by atoms with Crippen molar-refractivity contribution in [3.63, 3.8) is 0 Å². The monoisotopic (exact) mass is 281 g/mol. The van der Waals surface area contributed by atoms with Gasteiger partial charge in [0.15, 0.2) is 0 Å². The van der Waals surface area contributed by atoms with Crippen LogP contribution >= 0.6 is 0 Å². The maximum atomic E-state index is 8.59. The van der Waals surface area contributed by atoms with Crippen molar-refractivity contribution >= 4 is 5.95 Å². The van der Waals surface area contributed by atoms with Crippen LogP contribution in [-0.4, -0.2) is 41.4 Å². The van der Waals surface area contributed by atoms with Gasteiger partial charge in [-0.15, -0.1) is 0 Å². The third-order valence-electron chi connectivity index (χ3n) is 3.02. The number of nitrogens with zero attached hydrogens (tertiary/aromatic N) is 2. The number of aliphatic hydroxyl groups excluding tert-OH is 1. The van der Waals surface area contributed by atoms with Gasteiger partial charge in [0.05, 0.1) is 13.2 Å². The quantitative estimate of drug-likeness (QED) is 0.679. The highest BCUT2D eigenvalue weighted by Crippen LogP contribution is 2.16. The maximum Gasteiger partial charge on any atom is 0.223 e. The Hall–Kier alpha value is -1.20. The van der Waals surface area contributed by atoms with Gasteiger partial charge in [-0.1, -0.05) is 13.8 Å². The number of nitrogens with one attached hydrogen (secondary N) is 1. The summed E-state index contributed by atoms with van der Waals surface area (Å²) in [7, 11) is 0. The Morgan fingerprint density at radius 3 is 2.35 bits per heavy atom. The van der Waals surface area contributed by atoms with Gasteiger partial charge in [-0.2, -0.15) is 0 Å². The van der Waals surface area contributed by atoms with E-state index >= 15 is 0 Å². The van der Waals surface area contributed by atoms with Gasteiger partial charge in [-0.25, -0.2) is 9.97 Å². The number of hydrogen-bond acceptors (Lipinski definition) is 5. The van der Waals surface area contributed by atoms with Crippen LogP contribution in [0, 0.1) is 19.8 Å². The van der Waals surface area contributed by atoms with E-state index in [0.29, 0.717) is 25.1 Å². The zero-order chi connectivity index (χ0) is 15.0. The third-order valence-corrected chi connectivity index (χ3v) is 3.02. The first kappa shape index (κ1) is 16.9. The van der Waals surface area contributed by atoms with Crippen molar-refractivity contribution in [2.45, 2.75) is 40.5 Å². The van der Waals surface area contributed by atoms with Crippen LogP contribution in [0.4, 0.5) is 5.95 Å². The Kier molecular flexibility index (Phi) is 7.47. The molecule has 0 aliphatic carbocycles. The van der Waals surface area contributed by atoms with Crippen molar-refractivity contribution in [1.29, 1.82) is 0 Å². The number of hydrogen-bond donors (Lipinski definition) is 2. The van der Waals surface area contributed by atoms with Gasteiger partial charge in [0, 0.05) is 24.5 Å². The molecular formula is C15H27N3O2. The summed E-state index contributed by atoms with van der Waals surface area (Å²) in [5.41, 5.74) is 3.38. The SMILES string of the molecule is Cc1nc(NCCCOCCO)nc(C)c1CC(C)C. The van der Waals surface area contributed by atoms with Gasteiger partial charge in [0.2, 0.25) is 5.95 Å². The molecule has 1 aromatic heterocycles. The van der Waals surface area contributed by atoms with Crippen LogP contribution in [0.1, 0.15) is 37.2 Å². The first-order chi connectivity index (χ1) is 9.54. The first-order valence-electron chi connectivity index (χ1n) is 7.31. The summed E-state index contributed by atoms with van der Waals surface area (Å²) >= 11 is 0. The van der Waals surface area contributed by atoms with Gasteiger partial charge in [0.1, 0.15) is 0 Å². The number of aliphatic hydroxyl groups is 1. The summed E-state index contributed by atoms with van der Waals surface area (Å²) in [5, 5.41) is 11.8. The molecule has 1 heterocycles. The fourth-order valence-corrected chi connectivity index (χ4v) is 2.06. The second-order valence-corrected chi connectivity index (χ2v) is 5.41. The third kappa shape index (κ3) is 5.84. The van der Waals surface area contributed by atoms with Crippen molar-refractivity contribution in [3.05, 3.63) is 17.0 Å². The molecule has 1 rings (SSSR count). The average Bonchev–Trinajstić information content (AvgIpc) is 2.38. The van der Waals surface area contributed by atoms with Crippen molar-refractivity contribution in [1.82, 2.24) is 9.97 Å². The molecule has 0 saturated heterocycles. The summed E-state index contributed by atoms with van der Waals surface area (Å²) in [5.74, 6) is 1.30. The molecular weight excluding hydrogens is 254 g/mol. The number of ether oxygens (including phenoxy) is 1. The lowest BCUT2D eigenvalue weighted by atomic mass is 10.0. The van der Waals surface area contributed by atoms with E-state index in [1.807, 2.05) is 13.8 Å². The topological polar surface area (TPSA) is 67.3 Å². The lowest BCUT2D eigenvalue weighted by molar-refractivity contribution is 0.0921. The van der Waals surface area contributed by atoms with E-state index < -0.39 is 0 Å². The molecule has 2 N–H and O–H groups in total. The van der Waals surface area contributed by atoms with E-state index in [9.17, 15) is 0 Å². The Morgan fingerprint density at radius 2 is 1.80 bits per heavy atom. The number of anilines is 1. The van der Waals surface area contributed by atoms with Crippen LogP contribution in [0.3, 0.4) is 0 Å². The smallest absolute Gasteiger partial charge is 0.223 e. The molecule has 0 aromatic carbocycles. The number of aryl methyl sites for hydroxylation is 2. The molecule has 0 aliphatic heterocycles. The lowest BCUT2D eigenvalue weighted by Crippen LogP contribution is -2.12. The molecule has 1 aromatic rings. The van der Waals surface area contributed by atoms with Crippen molar-refractivity contribution < 1.29 is 9.84 Å². The molecule has 0 spiro atoms. The van der Waals surface area contributed by atoms with Gasteiger partial charge < -0.3 is 15.2 Å². The van der Waals surface area contributed by atoms with Crippen molar-refractivity contribution in [2.75, 3.05) is 31.7 Å².